The summed E-state index contributed by atoms with van der Waals surface area (Å²) in [4.78, 5) is 39.7. The lowest BCUT2D eigenvalue weighted by Crippen LogP contribution is -2.31. The average molecular weight is 502 g/mol. The molecule has 1 aliphatic heterocycles. The number of imide groups is 1. The zero-order valence-electron chi connectivity index (χ0n) is 20.9. The highest BCUT2D eigenvalue weighted by atomic mass is 16.7. The van der Waals surface area contributed by atoms with Gasteiger partial charge >= 0.3 is 5.97 Å². The minimum Gasteiger partial charge on any atom is -0.494 e. The molecule has 1 heterocycles. The maximum Gasteiger partial charge on any atom is 0.333 e. The van der Waals surface area contributed by atoms with Crippen molar-refractivity contribution in [1.82, 2.24) is 5.06 Å². The number of amides is 2. The van der Waals surface area contributed by atoms with Gasteiger partial charge in [0.25, 0.3) is 11.8 Å². The van der Waals surface area contributed by atoms with E-state index in [-0.39, 0.29) is 19.3 Å². The van der Waals surface area contributed by atoms with Crippen molar-refractivity contribution < 1.29 is 29.1 Å². The van der Waals surface area contributed by atoms with Crippen molar-refractivity contribution in [3.05, 3.63) is 101 Å². The second kappa shape index (κ2) is 11.8. The second-order valence-corrected chi connectivity index (χ2v) is 9.17. The summed E-state index contributed by atoms with van der Waals surface area (Å²) in [6.45, 7) is 2.49. The molecule has 0 saturated carbocycles. The fourth-order valence-electron chi connectivity index (χ4n) is 4.31. The van der Waals surface area contributed by atoms with Crippen molar-refractivity contribution in [2.45, 2.75) is 51.0 Å². The van der Waals surface area contributed by atoms with Crippen LogP contribution in [0.5, 0.6) is 5.75 Å². The lowest BCUT2D eigenvalue weighted by Gasteiger charge is -2.30. The summed E-state index contributed by atoms with van der Waals surface area (Å²) in [6, 6.07) is 24.9. The van der Waals surface area contributed by atoms with E-state index in [0.29, 0.717) is 23.8 Å². The van der Waals surface area contributed by atoms with Gasteiger partial charge in [-0.05, 0) is 55.0 Å². The molecule has 4 rings (SSSR count). The van der Waals surface area contributed by atoms with E-state index in [4.69, 9.17) is 9.57 Å². The molecule has 1 unspecified atom stereocenters. The van der Waals surface area contributed by atoms with E-state index in [1.54, 1.807) is 0 Å². The molecule has 0 aromatic heterocycles. The summed E-state index contributed by atoms with van der Waals surface area (Å²) < 4.78 is 5.85. The van der Waals surface area contributed by atoms with Crippen molar-refractivity contribution in [3.8, 4) is 5.75 Å². The van der Waals surface area contributed by atoms with Gasteiger partial charge < -0.3 is 14.7 Å². The maximum absolute atomic E-state index is 11.9. The fraction of sp³-hybridized carbons (Fsp3) is 0.300. The van der Waals surface area contributed by atoms with Crippen LogP contribution in [-0.4, -0.2) is 34.6 Å². The first-order valence-electron chi connectivity index (χ1n) is 12.5. The van der Waals surface area contributed by atoms with Crippen LogP contribution in [0.4, 0.5) is 0 Å². The summed E-state index contributed by atoms with van der Waals surface area (Å²) in [5.41, 5.74) is 2.13. The van der Waals surface area contributed by atoms with Gasteiger partial charge in [0.1, 0.15) is 11.4 Å². The summed E-state index contributed by atoms with van der Waals surface area (Å²) >= 11 is 0. The summed E-state index contributed by atoms with van der Waals surface area (Å²) in [6.07, 6.45) is 2.33. The number of aliphatic hydroxyl groups is 1. The number of aryl methyl sites for hydroxylation is 1. The summed E-state index contributed by atoms with van der Waals surface area (Å²) in [5, 5.41) is 12.5. The first-order valence-corrected chi connectivity index (χ1v) is 12.5. The Balaban J connectivity index is 1.29. The molecule has 1 fully saturated rings. The Morgan fingerprint density at radius 2 is 1.38 bits per heavy atom. The normalized spacial score (nSPS) is 14.9. The first kappa shape index (κ1) is 26.1. The molecule has 3 aromatic carbocycles. The van der Waals surface area contributed by atoms with Crippen LogP contribution < -0.4 is 4.74 Å². The van der Waals surface area contributed by atoms with Crippen LogP contribution in [-0.2, 0) is 24.8 Å². The third-order valence-electron chi connectivity index (χ3n) is 6.43. The Bertz CT molecular complexity index is 1210. The number of hydrogen-bond donors (Lipinski definition) is 1. The minimum atomic E-state index is -1.30. The number of unbranched alkanes of at least 4 members (excludes halogenated alkanes) is 2. The molecular weight excluding hydrogens is 470 g/mol. The maximum atomic E-state index is 11.9. The van der Waals surface area contributed by atoms with Gasteiger partial charge in [-0.15, -0.1) is 5.06 Å². The van der Waals surface area contributed by atoms with Gasteiger partial charge in [-0.25, -0.2) is 4.79 Å². The number of carbonyl (C=O) groups excluding carboxylic acids is 3. The number of hydroxylamine groups is 2. The monoisotopic (exact) mass is 501 g/mol. The minimum absolute atomic E-state index is 0.0852. The van der Waals surface area contributed by atoms with Gasteiger partial charge in [-0.3, -0.25) is 9.59 Å². The Kier molecular flexibility index (Phi) is 8.36. The number of nitrogens with zero attached hydrogens (tertiary/aromatic N) is 1. The predicted octanol–water partition coefficient (Wildman–Crippen LogP) is 4.83. The zero-order valence-corrected chi connectivity index (χ0v) is 20.9. The SMILES string of the molecule is Cc1ccc(C(O)(c2ccccc2)c2ccc(OCCCCCC(=O)ON3C(=O)CCC3=O)cc2)cc1. The molecule has 1 saturated heterocycles. The molecule has 2 amide bonds. The van der Waals surface area contributed by atoms with E-state index in [1.807, 2.05) is 85.8 Å². The number of benzene rings is 3. The molecule has 0 aliphatic carbocycles. The van der Waals surface area contributed by atoms with E-state index in [0.717, 1.165) is 35.1 Å². The van der Waals surface area contributed by atoms with E-state index >= 15 is 0 Å². The Morgan fingerprint density at radius 1 is 0.811 bits per heavy atom. The molecule has 37 heavy (non-hydrogen) atoms. The van der Waals surface area contributed by atoms with Crippen LogP contribution >= 0.6 is 0 Å². The molecule has 7 nitrogen and oxygen atoms in total. The van der Waals surface area contributed by atoms with Crippen molar-refractivity contribution in [2.24, 2.45) is 0 Å². The molecule has 7 heteroatoms. The number of ether oxygens (including phenoxy) is 1. The average Bonchev–Trinajstić information content (AvgIpc) is 3.23. The molecular formula is C30H31NO6. The van der Waals surface area contributed by atoms with Crippen LogP contribution in [0.15, 0.2) is 78.9 Å². The van der Waals surface area contributed by atoms with Crippen LogP contribution in [0, 0.1) is 6.92 Å². The molecule has 0 bridgehead atoms. The van der Waals surface area contributed by atoms with Crippen molar-refractivity contribution >= 4 is 17.8 Å². The zero-order chi connectivity index (χ0) is 26.3. The quantitative estimate of drug-likeness (QED) is 0.230. The van der Waals surface area contributed by atoms with Gasteiger partial charge in [0.15, 0.2) is 0 Å². The Hall–Kier alpha value is -3.97. The van der Waals surface area contributed by atoms with Crippen molar-refractivity contribution in [2.75, 3.05) is 6.61 Å². The lowest BCUT2D eigenvalue weighted by atomic mass is 9.80. The van der Waals surface area contributed by atoms with Crippen molar-refractivity contribution in [1.29, 1.82) is 0 Å². The molecule has 1 N–H and O–H groups in total. The van der Waals surface area contributed by atoms with Crippen LogP contribution in [0.2, 0.25) is 0 Å². The highest BCUT2D eigenvalue weighted by Gasteiger charge is 2.34. The molecule has 0 spiro atoms. The molecule has 0 radical (unpaired) electrons. The third kappa shape index (κ3) is 6.24. The number of rotatable bonds is 11. The van der Waals surface area contributed by atoms with Crippen LogP contribution in [0.25, 0.3) is 0 Å². The summed E-state index contributed by atoms with van der Waals surface area (Å²) in [5.74, 6) is -0.842. The van der Waals surface area contributed by atoms with E-state index in [2.05, 4.69) is 0 Å². The predicted molar refractivity (Wildman–Crippen MR) is 137 cm³/mol. The Morgan fingerprint density at radius 3 is 2.00 bits per heavy atom. The van der Waals surface area contributed by atoms with Gasteiger partial charge in [0.2, 0.25) is 0 Å². The van der Waals surface area contributed by atoms with E-state index < -0.39 is 23.4 Å². The largest absolute Gasteiger partial charge is 0.494 e. The van der Waals surface area contributed by atoms with Crippen molar-refractivity contribution in [3.63, 3.8) is 0 Å². The van der Waals surface area contributed by atoms with Gasteiger partial charge in [-0.1, -0.05) is 72.3 Å². The molecule has 3 aromatic rings. The van der Waals surface area contributed by atoms with Crippen LogP contribution in [0.1, 0.15) is 60.8 Å². The molecule has 192 valence electrons. The number of carbonyl (C=O) groups is 3. The van der Waals surface area contributed by atoms with Gasteiger partial charge in [0, 0.05) is 19.3 Å². The second-order valence-electron chi connectivity index (χ2n) is 9.17. The fourth-order valence-corrected chi connectivity index (χ4v) is 4.31. The van der Waals surface area contributed by atoms with E-state index in [1.165, 1.54) is 0 Å². The summed E-state index contributed by atoms with van der Waals surface area (Å²) in [7, 11) is 0. The van der Waals surface area contributed by atoms with E-state index in [9.17, 15) is 19.5 Å². The number of hydrogen-bond acceptors (Lipinski definition) is 6. The van der Waals surface area contributed by atoms with Gasteiger partial charge in [-0.2, -0.15) is 0 Å². The standard InChI is InChI=1S/C30H31NO6/c1-22-11-13-24(14-12-22)30(35,23-8-4-2-5-9-23)25-15-17-26(18-16-25)36-21-7-3-6-10-29(34)37-31-27(32)19-20-28(31)33/h2,4-5,8-9,11-18,35H,3,6-7,10,19-21H2,1H3. The molecule has 1 aliphatic rings. The topological polar surface area (TPSA) is 93.1 Å². The highest BCUT2D eigenvalue weighted by molar-refractivity contribution is 6.01. The van der Waals surface area contributed by atoms with Crippen LogP contribution in [0.3, 0.4) is 0 Å². The lowest BCUT2D eigenvalue weighted by molar-refractivity contribution is -0.197. The smallest absolute Gasteiger partial charge is 0.333 e. The first-order chi connectivity index (χ1) is 17.9. The Labute approximate surface area is 216 Å². The highest BCUT2D eigenvalue weighted by Crippen LogP contribution is 2.37. The van der Waals surface area contributed by atoms with Gasteiger partial charge in [0.05, 0.1) is 6.61 Å². The third-order valence-corrected chi connectivity index (χ3v) is 6.43. The molecule has 1 atom stereocenters.